The molecule has 0 aromatic rings. The predicted octanol–water partition coefficient (Wildman–Crippen LogP) is -1.20. The molecule has 2 saturated heterocycles. The van der Waals surface area contributed by atoms with E-state index in [2.05, 4.69) is 27.4 Å². The minimum Gasteiger partial charge on any atom is -0.395 e. The first-order chi connectivity index (χ1) is 8.36. The number of rotatable bonds is 3. The molecule has 2 aliphatic rings. The number of likely N-dealkylation sites (N-methyl/N-ethyl adjacent to an activating group) is 1. The van der Waals surface area contributed by atoms with Crippen molar-refractivity contribution in [2.45, 2.75) is 6.92 Å². The van der Waals surface area contributed by atoms with Gasteiger partial charge < -0.3 is 20.6 Å². The summed E-state index contributed by atoms with van der Waals surface area (Å²) in [5, 5.41) is 15.1. The summed E-state index contributed by atoms with van der Waals surface area (Å²) in [6.45, 7) is 13.7. The largest absolute Gasteiger partial charge is 0.395 e. The highest BCUT2D eigenvalue weighted by atomic mass is 16.3. The average Bonchev–Trinajstić information content (AvgIpc) is 2.42. The molecular weight excluding hydrogens is 216 g/mol. The second-order valence-electron chi connectivity index (χ2n) is 4.50. The molecule has 0 radical (unpaired) electrons. The van der Waals surface area contributed by atoms with Gasteiger partial charge in [-0.25, -0.2) is 0 Å². The molecule has 0 aromatic heterocycles. The number of aliphatic hydroxyl groups is 1. The Morgan fingerprint density at radius 3 is 1.71 bits per heavy atom. The molecule has 0 amide bonds. The predicted molar refractivity (Wildman–Crippen MR) is 71.4 cm³/mol. The quantitative estimate of drug-likeness (QED) is 0.582. The molecule has 5 nitrogen and oxygen atoms in total. The van der Waals surface area contributed by atoms with Crippen molar-refractivity contribution < 1.29 is 5.11 Å². The third-order valence-electron chi connectivity index (χ3n) is 3.28. The van der Waals surface area contributed by atoms with Gasteiger partial charge in [-0.2, -0.15) is 0 Å². The van der Waals surface area contributed by atoms with Crippen LogP contribution in [0.4, 0.5) is 0 Å². The minimum atomic E-state index is 0.292. The van der Waals surface area contributed by atoms with Crippen LogP contribution in [-0.4, -0.2) is 87.0 Å². The summed E-state index contributed by atoms with van der Waals surface area (Å²) in [7, 11) is 0. The molecule has 0 bridgehead atoms. The zero-order valence-electron chi connectivity index (χ0n) is 11.1. The first-order valence-corrected chi connectivity index (χ1v) is 6.83. The van der Waals surface area contributed by atoms with E-state index in [0.717, 1.165) is 32.7 Å². The van der Waals surface area contributed by atoms with E-state index in [9.17, 15) is 0 Å². The van der Waals surface area contributed by atoms with Crippen LogP contribution in [0, 0.1) is 0 Å². The highest BCUT2D eigenvalue weighted by Crippen LogP contribution is 1.89. The van der Waals surface area contributed by atoms with Crippen LogP contribution in [0.2, 0.25) is 0 Å². The van der Waals surface area contributed by atoms with Gasteiger partial charge in [-0.05, 0) is 6.54 Å². The molecule has 102 valence electrons. The zero-order valence-corrected chi connectivity index (χ0v) is 11.1. The molecule has 0 aromatic carbocycles. The molecular formula is C12H28N4O. The van der Waals surface area contributed by atoms with Gasteiger partial charge in [-0.15, -0.1) is 0 Å². The van der Waals surface area contributed by atoms with E-state index in [1.807, 2.05) is 0 Å². The SMILES string of the molecule is CCN1CCNCC1.OCCN1CCNCC1. The van der Waals surface area contributed by atoms with Gasteiger partial charge in [0.15, 0.2) is 0 Å². The Hall–Kier alpha value is -0.200. The number of nitrogens with zero attached hydrogens (tertiary/aromatic N) is 2. The molecule has 0 aliphatic carbocycles. The Balaban J connectivity index is 0.000000171. The van der Waals surface area contributed by atoms with Gasteiger partial charge >= 0.3 is 0 Å². The molecule has 0 atom stereocenters. The monoisotopic (exact) mass is 244 g/mol. The van der Waals surface area contributed by atoms with E-state index in [0.29, 0.717) is 6.61 Å². The molecule has 3 N–H and O–H groups in total. The summed E-state index contributed by atoms with van der Waals surface area (Å²) < 4.78 is 0. The van der Waals surface area contributed by atoms with Crippen LogP contribution in [0.25, 0.3) is 0 Å². The molecule has 17 heavy (non-hydrogen) atoms. The smallest absolute Gasteiger partial charge is 0.0558 e. The van der Waals surface area contributed by atoms with E-state index >= 15 is 0 Å². The van der Waals surface area contributed by atoms with Crippen molar-refractivity contribution in [1.82, 2.24) is 20.4 Å². The van der Waals surface area contributed by atoms with Gasteiger partial charge in [0, 0.05) is 58.9 Å². The maximum Gasteiger partial charge on any atom is 0.0558 e. The van der Waals surface area contributed by atoms with Gasteiger partial charge in [0.05, 0.1) is 6.61 Å². The molecule has 2 fully saturated rings. The van der Waals surface area contributed by atoms with Crippen molar-refractivity contribution in [3.05, 3.63) is 0 Å². The van der Waals surface area contributed by atoms with E-state index in [4.69, 9.17) is 5.11 Å². The van der Waals surface area contributed by atoms with Gasteiger partial charge in [0.1, 0.15) is 0 Å². The van der Waals surface area contributed by atoms with Crippen molar-refractivity contribution in [3.63, 3.8) is 0 Å². The lowest BCUT2D eigenvalue weighted by atomic mass is 10.4. The molecule has 5 heteroatoms. The molecule has 2 rings (SSSR count). The summed E-state index contributed by atoms with van der Waals surface area (Å²) in [4.78, 5) is 4.72. The maximum absolute atomic E-state index is 8.56. The Kier molecular flexibility index (Phi) is 8.56. The first-order valence-electron chi connectivity index (χ1n) is 6.83. The fourth-order valence-electron chi connectivity index (χ4n) is 2.10. The number of piperazine rings is 2. The third kappa shape index (κ3) is 6.95. The Morgan fingerprint density at radius 2 is 1.35 bits per heavy atom. The fourth-order valence-corrected chi connectivity index (χ4v) is 2.10. The number of hydrogen-bond donors (Lipinski definition) is 3. The normalized spacial score (nSPS) is 22.9. The van der Waals surface area contributed by atoms with Gasteiger partial charge in [-0.1, -0.05) is 6.92 Å². The number of β-amino-alcohol motifs (C(OH)–C–C–N with tert-alkyl or cyclic N) is 1. The Bertz CT molecular complexity index is 165. The van der Waals surface area contributed by atoms with Gasteiger partial charge in [-0.3, -0.25) is 4.90 Å². The second kappa shape index (κ2) is 9.79. The third-order valence-corrected chi connectivity index (χ3v) is 3.28. The summed E-state index contributed by atoms with van der Waals surface area (Å²) in [5.41, 5.74) is 0. The molecule has 0 unspecified atom stereocenters. The van der Waals surface area contributed by atoms with Gasteiger partial charge in [0.25, 0.3) is 0 Å². The Morgan fingerprint density at radius 1 is 0.882 bits per heavy atom. The van der Waals surface area contributed by atoms with Crippen molar-refractivity contribution in [2.75, 3.05) is 72.1 Å². The average molecular weight is 244 g/mol. The summed E-state index contributed by atoms with van der Waals surface area (Å²) in [6, 6.07) is 0. The fraction of sp³-hybridized carbons (Fsp3) is 1.00. The van der Waals surface area contributed by atoms with Crippen LogP contribution >= 0.6 is 0 Å². The zero-order chi connectivity index (χ0) is 12.3. The van der Waals surface area contributed by atoms with Crippen LogP contribution in [0.1, 0.15) is 6.92 Å². The van der Waals surface area contributed by atoms with Crippen molar-refractivity contribution in [3.8, 4) is 0 Å². The standard InChI is InChI=1S/C6H14N2O.C6H14N2/c9-6-5-8-3-1-7-2-4-8;1-2-8-5-3-7-4-6-8/h7,9H,1-6H2;7H,2-6H2,1H3. The van der Waals surface area contributed by atoms with Crippen molar-refractivity contribution >= 4 is 0 Å². The summed E-state index contributed by atoms with van der Waals surface area (Å²) >= 11 is 0. The lowest BCUT2D eigenvalue weighted by Gasteiger charge is -2.25. The molecule has 2 aliphatic heterocycles. The first kappa shape index (κ1) is 14.9. The lowest BCUT2D eigenvalue weighted by molar-refractivity contribution is 0.180. The highest BCUT2D eigenvalue weighted by molar-refractivity contribution is 4.66. The van der Waals surface area contributed by atoms with E-state index < -0.39 is 0 Å². The number of hydrogen-bond acceptors (Lipinski definition) is 5. The van der Waals surface area contributed by atoms with Crippen LogP contribution < -0.4 is 10.6 Å². The van der Waals surface area contributed by atoms with Crippen LogP contribution in [0.3, 0.4) is 0 Å². The van der Waals surface area contributed by atoms with Crippen LogP contribution in [-0.2, 0) is 0 Å². The summed E-state index contributed by atoms with van der Waals surface area (Å²) in [5.74, 6) is 0. The van der Waals surface area contributed by atoms with Crippen LogP contribution in [0.15, 0.2) is 0 Å². The van der Waals surface area contributed by atoms with Crippen LogP contribution in [0.5, 0.6) is 0 Å². The topological polar surface area (TPSA) is 50.8 Å². The van der Waals surface area contributed by atoms with Gasteiger partial charge in [0.2, 0.25) is 0 Å². The highest BCUT2D eigenvalue weighted by Gasteiger charge is 2.06. The van der Waals surface area contributed by atoms with E-state index in [1.165, 1.54) is 32.7 Å². The second-order valence-corrected chi connectivity index (χ2v) is 4.50. The Labute approximate surface area is 105 Å². The minimum absolute atomic E-state index is 0.292. The van der Waals surface area contributed by atoms with Crippen molar-refractivity contribution in [2.24, 2.45) is 0 Å². The van der Waals surface area contributed by atoms with Crippen molar-refractivity contribution in [1.29, 1.82) is 0 Å². The number of aliphatic hydroxyl groups excluding tert-OH is 1. The molecule has 0 spiro atoms. The molecule has 0 saturated carbocycles. The van der Waals surface area contributed by atoms with E-state index in [1.54, 1.807) is 0 Å². The molecule has 2 heterocycles. The lowest BCUT2D eigenvalue weighted by Crippen LogP contribution is -2.44. The summed E-state index contributed by atoms with van der Waals surface area (Å²) in [6.07, 6.45) is 0. The maximum atomic E-state index is 8.56. The van der Waals surface area contributed by atoms with E-state index in [-0.39, 0.29) is 0 Å². The number of nitrogens with one attached hydrogen (secondary N) is 2.